The van der Waals surface area contributed by atoms with Crippen LogP contribution in [0.15, 0.2) is 41.9 Å². The lowest BCUT2D eigenvalue weighted by Crippen LogP contribution is -2.05. The summed E-state index contributed by atoms with van der Waals surface area (Å²) >= 11 is 7.14. The zero-order valence-corrected chi connectivity index (χ0v) is 15.6. The third-order valence-corrected chi connectivity index (χ3v) is 4.65. The number of para-hydroxylation sites is 1. The van der Waals surface area contributed by atoms with Gasteiger partial charge in [0.25, 0.3) is 0 Å². The van der Waals surface area contributed by atoms with Crippen LogP contribution >= 0.6 is 22.9 Å². The largest absolute Gasteiger partial charge is 0.493 e. The van der Waals surface area contributed by atoms with E-state index in [2.05, 4.69) is 9.97 Å². The number of ether oxygens (including phenoxy) is 3. The van der Waals surface area contributed by atoms with E-state index in [0.29, 0.717) is 27.9 Å². The van der Waals surface area contributed by atoms with Gasteiger partial charge >= 0.3 is 5.97 Å². The standard InChI is InChI=1S/C18H15ClN2O4S/c1-23-14-5-3-4-13(16(14)24-2)17-21-12(10-26-17)9-25-18(22)11-6-7-15(19)20-8-11/h3-8,10H,9H2,1-2H3. The zero-order valence-electron chi connectivity index (χ0n) is 14.1. The maximum atomic E-state index is 12.0. The second-order valence-corrected chi connectivity index (χ2v) is 6.38. The molecule has 0 bridgehead atoms. The van der Waals surface area contributed by atoms with Gasteiger partial charge in [-0.2, -0.15) is 0 Å². The smallest absolute Gasteiger partial charge is 0.340 e. The Morgan fingerprint density at radius 1 is 1.19 bits per heavy atom. The van der Waals surface area contributed by atoms with Crippen LogP contribution in [0.2, 0.25) is 5.15 Å². The Morgan fingerprint density at radius 2 is 2.04 bits per heavy atom. The van der Waals surface area contributed by atoms with Crippen molar-refractivity contribution < 1.29 is 19.0 Å². The number of halogens is 1. The van der Waals surface area contributed by atoms with Crippen LogP contribution in [0.3, 0.4) is 0 Å². The molecule has 0 radical (unpaired) electrons. The third-order valence-electron chi connectivity index (χ3n) is 3.50. The van der Waals surface area contributed by atoms with E-state index >= 15 is 0 Å². The van der Waals surface area contributed by atoms with Gasteiger partial charge in [-0.05, 0) is 24.3 Å². The fourth-order valence-electron chi connectivity index (χ4n) is 2.27. The minimum Gasteiger partial charge on any atom is -0.493 e. The van der Waals surface area contributed by atoms with Crippen LogP contribution in [0, 0.1) is 0 Å². The van der Waals surface area contributed by atoms with E-state index in [4.69, 9.17) is 25.8 Å². The fraction of sp³-hybridized carbons (Fsp3) is 0.167. The highest BCUT2D eigenvalue weighted by Crippen LogP contribution is 2.39. The van der Waals surface area contributed by atoms with Crippen molar-refractivity contribution in [3.8, 4) is 22.1 Å². The Morgan fingerprint density at radius 3 is 2.73 bits per heavy atom. The minimum absolute atomic E-state index is 0.0598. The number of benzene rings is 1. The number of carbonyl (C=O) groups excluding carboxylic acids is 1. The summed E-state index contributed by atoms with van der Waals surface area (Å²) in [7, 11) is 3.16. The molecule has 0 atom stereocenters. The first-order chi connectivity index (χ1) is 12.6. The van der Waals surface area contributed by atoms with Gasteiger partial charge in [-0.15, -0.1) is 11.3 Å². The van der Waals surface area contributed by atoms with Crippen LogP contribution in [0.1, 0.15) is 16.1 Å². The van der Waals surface area contributed by atoms with Crippen molar-refractivity contribution in [2.75, 3.05) is 14.2 Å². The molecular formula is C18H15ClN2O4S. The van der Waals surface area contributed by atoms with Gasteiger partial charge in [0.2, 0.25) is 0 Å². The third kappa shape index (κ3) is 3.95. The van der Waals surface area contributed by atoms with Crippen LogP contribution in [0.4, 0.5) is 0 Å². The van der Waals surface area contributed by atoms with Gasteiger partial charge in [0.1, 0.15) is 16.8 Å². The number of aromatic nitrogens is 2. The lowest BCUT2D eigenvalue weighted by atomic mass is 10.2. The van der Waals surface area contributed by atoms with Gasteiger partial charge in [0.05, 0.1) is 31.0 Å². The van der Waals surface area contributed by atoms with E-state index in [1.165, 1.54) is 23.6 Å². The van der Waals surface area contributed by atoms with Crippen molar-refractivity contribution in [3.05, 3.63) is 58.3 Å². The summed E-state index contributed by atoms with van der Waals surface area (Å²) in [5.74, 6) is 0.756. The molecule has 6 nitrogen and oxygen atoms in total. The maximum Gasteiger partial charge on any atom is 0.340 e. The van der Waals surface area contributed by atoms with E-state index < -0.39 is 5.97 Å². The van der Waals surface area contributed by atoms with Crippen LogP contribution in [0.5, 0.6) is 11.5 Å². The highest BCUT2D eigenvalue weighted by molar-refractivity contribution is 7.13. The van der Waals surface area contributed by atoms with Crippen molar-refractivity contribution >= 4 is 28.9 Å². The van der Waals surface area contributed by atoms with E-state index in [0.717, 1.165) is 10.6 Å². The molecule has 8 heteroatoms. The average Bonchev–Trinajstić information content (AvgIpc) is 3.14. The average molecular weight is 391 g/mol. The summed E-state index contributed by atoms with van der Waals surface area (Å²) in [4.78, 5) is 20.4. The van der Waals surface area contributed by atoms with E-state index in [-0.39, 0.29) is 6.61 Å². The van der Waals surface area contributed by atoms with Crippen LogP contribution in [-0.4, -0.2) is 30.2 Å². The molecule has 0 N–H and O–H groups in total. The van der Waals surface area contributed by atoms with Gasteiger partial charge in [-0.1, -0.05) is 17.7 Å². The number of hydrogen-bond acceptors (Lipinski definition) is 7. The molecule has 0 saturated heterocycles. The summed E-state index contributed by atoms with van der Waals surface area (Å²) in [5.41, 5.74) is 1.79. The molecule has 0 aliphatic heterocycles. The van der Waals surface area contributed by atoms with E-state index in [1.54, 1.807) is 20.3 Å². The highest BCUT2D eigenvalue weighted by atomic mass is 35.5. The Bertz CT molecular complexity index is 912. The Kier molecular flexibility index (Phi) is 5.70. The Balaban J connectivity index is 1.72. The van der Waals surface area contributed by atoms with Crippen LogP contribution in [-0.2, 0) is 11.3 Å². The number of pyridine rings is 1. The molecule has 0 saturated carbocycles. The van der Waals surface area contributed by atoms with Crippen molar-refractivity contribution in [2.24, 2.45) is 0 Å². The SMILES string of the molecule is COc1cccc(-c2nc(COC(=O)c3ccc(Cl)nc3)cs2)c1OC. The summed E-state index contributed by atoms with van der Waals surface area (Å²) < 4.78 is 16.0. The van der Waals surface area contributed by atoms with Crippen molar-refractivity contribution in [3.63, 3.8) is 0 Å². The maximum absolute atomic E-state index is 12.0. The van der Waals surface area contributed by atoms with E-state index in [9.17, 15) is 4.79 Å². The molecule has 0 fully saturated rings. The number of rotatable bonds is 6. The van der Waals surface area contributed by atoms with Gasteiger partial charge in [-0.25, -0.2) is 14.8 Å². The Labute approximate surface area is 159 Å². The molecule has 3 rings (SSSR count). The molecule has 26 heavy (non-hydrogen) atoms. The molecule has 0 amide bonds. The number of methoxy groups -OCH3 is 2. The van der Waals surface area contributed by atoms with Crippen molar-refractivity contribution in [1.29, 1.82) is 0 Å². The molecule has 134 valence electrons. The van der Waals surface area contributed by atoms with Crippen molar-refractivity contribution in [2.45, 2.75) is 6.61 Å². The molecule has 0 unspecified atom stereocenters. The van der Waals surface area contributed by atoms with Gasteiger partial charge in [0.15, 0.2) is 11.5 Å². The summed E-state index contributed by atoms with van der Waals surface area (Å²) in [6.07, 6.45) is 1.37. The lowest BCUT2D eigenvalue weighted by Gasteiger charge is -2.10. The number of esters is 1. The first-order valence-corrected chi connectivity index (χ1v) is 8.82. The molecule has 0 aliphatic carbocycles. The van der Waals surface area contributed by atoms with Crippen molar-refractivity contribution in [1.82, 2.24) is 9.97 Å². The number of nitrogens with zero attached hydrogens (tertiary/aromatic N) is 2. The first kappa shape index (κ1) is 18.2. The van der Waals surface area contributed by atoms with Gasteiger partial charge in [0, 0.05) is 11.6 Å². The molecule has 2 heterocycles. The zero-order chi connectivity index (χ0) is 18.5. The molecule has 3 aromatic rings. The van der Waals surface area contributed by atoms with E-state index in [1.807, 2.05) is 23.6 Å². The Hall–Kier alpha value is -2.64. The monoisotopic (exact) mass is 390 g/mol. The fourth-order valence-corrected chi connectivity index (χ4v) is 3.21. The summed E-state index contributed by atoms with van der Waals surface area (Å²) in [5, 5.41) is 2.90. The highest BCUT2D eigenvalue weighted by Gasteiger charge is 2.15. The number of hydrogen-bond donors (Lipinski definition) is 0. The summed E-state index contributed by atoms with van der Waals surface area (Å²) in [6, 6.07) is 8.68. The second-order valence-electron chi connectivity index (χ2n) is 5.13. The lowest BCUT2D eigenvalue weighted by molar-refractivity contribution is 0.0468. The predicted octanol–water partition coefficient (Wildman–Crippen LogP) is 4.23. The van der Waals surface area contributed by atoms with Crippen LogP contribution in [0.25, 0.3) is 10.6 Å². The topological polar surface area (TPSA) is 70.5 Å². The molecule has 0 aliphatic rings. The summed E-state index contributed by atoms with van der Waals surface area (Å²) in [6.45, 7) is 0.0598. The minimum atomic E-state index is -0.484. The predicted molar refractivity (Wildman–Crippen MR) is 99.0 cm³/mol. The first-order valence-electron chi connectivity index (χ1n) is 7.57. The molecular weight excluding hydrogens is 376 g/mol. The number of carbonyl (C=O) groups is 1. The quantitative estimate of drug-likeness (QED) is 0.463. The van der Waals surface area contributed by atoms with Gasteiger partial charge < -0.3 is 14.2 Å². The van der Waals surface area contributed by atoms with Crippen LogP contribution < -0.4 is 9.47 Å². The molecule has 1 aromatic carbocycles. The normalized spacial score (nSPS) is 10.4. The molecule has 0 spiro atoms. The molecule has 2 aromatic heterocycles. The number of thiazole rings is 1. The van der Waals surface area contributed by atoms with Gasteiger partial charge in [-0.3, -0.25) is 0 Å². The second kappa shape index (κ2) is 8.16.